The summed E-state index contributed by atoms with van der Waals surface area (Å²) in [5.41, 5.74) is 0.0284. The summed E-state index contributed by atoms with van der Waals surface area (Å²) >= 11 is 0. The van der Waals surface area contributed by atoms with Gasteiger partial charge in [0.15, 0.2) is 0 Å². The Morgan fingerprint density at radius 2 is 1.61 bits per heavy atom. The average Bonchev–Trinajstić information content (AvgIpc) is 2.57. The lowest BCUT2D eigenvalue weighted by Crippen LogP contribution is -2.20. The monoisotopic (exact) mass is 320 g/mol. The molecule has 4 heteroatoms. The second-order valence-corrected chi connectivity index (χ2v) is 5.68. The first kappa shape index (κ1) is 21.2. The van der Waals surface area contributed by atoms with Crippen LogP contribution in [0.25, 0.3) is 0 Å². The van der Waals surface area contributed by atoms with Gasteiger partial charge in [-0.1, -0.05) is 52.4 Å². The van der Waals surface area contributed by atoms with Crippen LogP contribution in [0.15, 0.2) is 23.9 Å². The number of hydrogen-bond donors (Lipinski definition) is 0. The maximum Gasteiger partial charge on any atom is 0.348 e. The number of rotatable bonds is 13. The molecule has 130 valence electrons. The Bertz CT molecular complexity index is 396. The van der Waals surface area contributed by atoms with E-state index >= 15 is 0 Å². The van der Waals surface area contributed by atoms with Crippen molar-refractivity contribution in [3.05, 3.63) is 23.9 Å². The zero-order valence-electron chi connectivity index (χ0n) is 15.0. The molecule has 0 aromatic rings. The lowest BCUT2D eigenvalue weighted by molar-refractivity contribution is -0.135. The number of methoxy groups -OCH3 is 1. The van der Waals surface area contributed by atoms with Crippen molar-refractivity contribution in [3.8, 4) is 6.07 Å². The lowest BCUT2D eigenvalue weighted by Gasteiger charge is -2.20. The molecule has 0 aromatic carbocycles. The number of hydrogen-bond acceptors (Lipinski definition) is 4. The van der Waals surface area contributed by atoms with Gasteiger partial charge in [0.2, 0.25) is 0 Å². The Morgan fingerprint density at radius 1 is 1.04 bits per heavy atom. The van der Waals surface area contributed by atoms with E-state index in [-0.39, 0.29) is 5.57 Å². The second-order valence-electron chi connectivity index (χ2n) is 5.68. The third kappa shape index (κ3) is 11.5. The van der Waals surface area contributed by atoms with E-state index in [1.54, 1.807) is 6.08 Å². The number of unbranched alkanes of at least 4 members (excludes halogenated alkanes) is 6. The quantitative estimate of drug-likeness (QED) is 0.164. The minimum atomic E-state index is -0.588. The Hall–Kier alpha value is -1.76. The van der Waals surface area contributed by atoms with Gasteiger partial charge in [0.1, 0.15) is 11.6 Å². The molecule has 0 spiro atoms. The van der Waals surface area contributed by atoms with Crippen molar-refractivity contribution in [1.82, 2.24) is 4.90 Å². The average molecular weight is 320 g/mol. The van der Waals surface area contributed by atoms with E-state index in [4.69, 9.17) is 5.26 Å². The van der Waals surface area contributed by atoms with Gasteiger partial charge in [-0.05, 0) is 31.2 Å². The molecule has 4 nitrogen and oxygen atoms in total. The molecular formula is C19H32N2O2. The van der Waals surface area contributed by atoms with E-state index in [2.05, 4.69) is 23.5 Å². The topological polar surface area (TPSA) is 53.3 Å². The molecule has 0 N–H and O–H groups in total. The van der Waals surface area contributed by atoms with Crippen molar-refractivity contribution >= 4 is 5.97 Å². The molecule has 0 aromatic heterocycles. The van der Waals surface area contributed by atoms with Crippen LogP contribution in [-0.4, -0.2) is 31.1 Å². The van der Waals surface area contributed by atoms with E-state index in [1.165, 1.54) is 64.6 Å². The summed E-state index contributed by atoms with van der Waals surface area (Å²) in [5, 5.41) is 8.93. The highest BCUT2D eigenvalue weighted by atomic mass is 16.5. The molecule has 0 heterocycles. The van der Waals surface area contributed by atoms with Crippen LogP contribution in [-0.2, 0) is 9.53 Å². The van der Waals surface area contributed by atoms with E-state index < -0.39 is 5.97 Å². The fraction of sp³-hybridized carbons (Fsp3) is 0.684. The Morgan fingerprint density at radius 3 is 2.04 bits per heavy atom. The van der Waals surface area contributed by atoms with Crippen molar-refractivity contribution in [2.24, 2.45) is 0 Å². The molecule has 0 rings (SSSR count). The number of nitrogens with zero attached hydrogens (tertiary/aromatic N) is 2. The predicted octanol–water partition coefficient (Wildman–Crippen LogP) is 4.59. The summed E-state index contributed by atoms with van der Waals surface area (Å²) in [7, 11) is 1.28. The molecule has 0 bridgehead atoms. The molecule has 0 aliphatic rings. The zero-order valence-corrected chi connectivity index (χ0v) is 15.0. The van der Waals surface area contributed by atoms with Crippen LogP contribution in [0.2, 0.25) is 0 Å². The normalized spacial score (nSPS) is 11.5. The second kappa shape index (κ2) is 15.1. The lowest BCUT2D eigenvalue weighted by atomic mass is 10.1. The van der Waals surface area contributed by atoms with E-state index in [9.17, 15) is 4.79 Å². The van der Waals surface area contributed by atoms with Gasteiger partial charge in [0, 0.05) is 13.1 Å². The van der Waals surface area contributed by atoms with Gasteiger partial charge in [-0.25, -0.2) is 4.79 Å². The SMILES string of the molecule is CCCCCCN(/C=C/C=C(/C#N)C(=O)OC)CCCCCC. The summed E-state index contributed by atoms with van der Waals surface area (Å²) < 4.78 is 4.57. The molecule has 0 aliphatic carbocycles. The fourth-order valence-electron chi connectivity index (χ4n) is 2.27. The summed E-state index contributed by atoms with van der Waals surface area (Å²) in [6.07, 6.45) is 15.1. The number of esters is 1. The summed E-state index contributed by atoms with van der Waals surface area (Å²) in [6, 6.07) is 1.86. The van der Waals surface area contributed by atoms with Crippen molar-refractivity contribution < 1.29 is 9.53 Å². The van der Waals surface area contributed by atoms with Gasteiger partial charge in [0.05, 0.1) is 7.11 Å². The van der Waals surface area contributed by atoms with Crippen LogP contribution in [0, 0.1) is 11.3 Å². The summed E-state index contributed by atoms with van der Waals surface area (Å²) in [4.78, 5) is 13.6. The van der Waals surface area contributed by atoms with Crippen LogP contribution in [0.5, 0.6) is 0 Å². The third-order valence-electron chi connectivity index (χ3n) is 3.68. The van der Waals surface area contributed by atoms with Crippen LogP contribution < -0.4 is 0 Å². The molecule has 0 saturated heterocycles. The summed E-state index contributed by atoms with van der Waals surface area (Å²) in [6.45, 7) is 6.47. The predicted molar refractivity (Wildman–Crippen MR) is 94.7 cm³/mol. The highest BCUT2D eigenvalue weighted by Crippen LogP contribution is 2.06. The van der Waals surface area contributed by atoms with Gasteiger partial charge in [0.25, 0.3) is 0 Å². The van der Waals surface area contributed by atoms with Gasteiger partial charge in [-0.3, -0.25) is 0 Å². The number of nitriles is 1. The Kier molecular flexibility index (Phi) is 14.0. The first-order valence-corrected chi connectivity index (χ1v) is 8.80. The Labute approximate surface area is 141 Å². The van der Waals surface area contributed by atoms with Crippen molar-refractivity contribution in [2.75, 3.05) is 20.2 Å². The van der Waals surface area contributed by atoms with Gasteiger partial charge < -0.3 is 9.64 Å². The van der Waals surface area contributed by atoms with Crippen LogP contribution in [0.3, 0.4) is 0 Å². The van der Waals surface area contributed by atoms with Crippen LogP contribution in [0.4, 0.5) is 0 Å². The summed E-state index contributed by atoms with van der Waals surface area (Å²) in [5.74, 6) is -0.588. The highest BCUT2D eigenvalue weighted by molar-refractivity contribution is 5.92. The Balaban J connectivity index is 4.51. The number of carbonyl (C=O) groups excluding carboxylic acids is 1. The minimum Gasteiger partial charge on any atom is -0.465 e. The van der Waals surface area contributed by atoms with Crippen LogP contribution in [0.1, 0.15) is 65.2 Å². The maximum atomic E-state index is 11.3. The molecule has 0 unspecified atom stereocenters. The smallest absolute Gasteiger partial charge is 0.348 e. The standard InChI is InChI=1S/C19H32N2O2/c1-4-6-8-10-14-21(15-11-9-7-5-2)16-12-13-18(17-20)19(22)23-3/h12-13,16H,4-11,14-15H2,1-3H3/b16-12+,18-13-. The van der Waals surface area contributed by atoms with E-state index in [0.717, 1.165) is 13.1 Å². The fourth-order valence-corrected chi connectivity index (χ4v) is 2.27. The zero-order chi connectivity index (χ0) is 17.3. The third-order valence-corrected chi connectivity index (χ3v) is 3.68. The highest BCUT2D eigenvalue weighted by Gasteiger charge is 2.06. The van der Waals surface area contributed by atoms with E-state index in [1.807, 2.05) is 12.3 Å². The largest absolute Gasteiger partial charge is 0.465 e. The van der Waals surface area contributed by atoms with Crippen molar-refractivity contribution in [3.63, 3.8) is 0 Å². The molecule has 0 amide bonds. The van der Waals surface area contributed by atoms with Gasteiger partial charge in [-0.15, -0.1) is 0 Å². The molecule has 0 radical (unpaired) electrons. The van der Waals surface area contributed by atoms with Gasteiger partial charge >= 0.3 is 5.97 Å². The number of carbonyl (C=O) groups is 1. The minimum absolute atomic E-state index is 0.0284. The molecule has 23 heavy (non-hydrogen) atoms. The van der Waals surface area contributed by atoms with Crippen molar-refractivity contribution in [1.29, 1.82) is 5.26 Å². The molecule has 0 fully saturated rings. The first-order valence-electron chi connectivity index (χ1n) is 8.80. The van der Waals surface area contributed by atoms with E-state index in [0.29, 0.717) is 0 Å². The van der Waals surface area contributed by atoms with Crippen LogP contribution >= 0.6 is 0 Å². The molecular weight excluding hydrogens is 288 g/mol. The number of allylic oxidation sites excluding steroid dienone is 2. The maximum absolute atomic E-state index is 11.3. The molecule has 0 aliphatic heterocycles. The van der Waals surface area contributed by atoms with Gasteiger partial charge in [-0.2, -0.15) is 5.26 Å². The molecule has 0 saturated carbocycles. The van der Waals surface area contributed by atoms with Crippen molar-refractivity contribution in [2.45, 2.75) is 65.2 Å². The number of ether oxygens (including phenoxy) is 1. The first-order chi connectivity index (χ1) is 11.2. The molecule has 0 atom stereocenters.